The molecule has 3 rings (SSSR count). The summed E-state index contributed by atoms with van der Waals surface area (Å²) in [5, 5.41) is 13.0. The monoisotopic (exact) mass is 462 g/mol. The average molecular weight is 463 g/mol. The Morgan fingerprint density at radius 3 is 2.41 bits per heavy atom. The number of halogens is 1. The van der Waals surface area contributed by atoms with Crippen molar-refractivity contribution < 1.29 is 24.2 Å². The molecule has 1 heterocycles. The van der Waals surface area contributed by atoms with Crippen molar-refractivity contribution in [3.8, 4) is 5.75 Å². The van der Waals surface area contributed by atoms with Gasteiger partial charge in [0.15, 0.2) is 0 Å². The molecule has 2 aromatic carbocycles. The highest BCUT2D eigenvalue weighted by molar-refractivity contribution is 9.10. The molecule has 0 bridgehead atoms. The van der Waals surface area contributed by atoms with Crippen LogP contribution in [0.15, 0.2) is 53.0 Å². The lowest BCUT2D eigenvalue weighted by molar-refractivity contribution is -0.132. The SMILES string of the molecule is COc1ccc(COCC(O)CN2C(=O)NC(C)(c3ccc(Br)cc3)C2=O)cc1. The number of ether oxygens (including phenoxy) is 2. The van der Waals surface area contributed by atoms with Crippen LogP contribution in [0.1, 0.15) is 18.1 Å². The van der Waals surface area contributed by atoms with Crippen LogP contribution in [-0.2, 0) is 21.7 Å². The number of imide groups is 1. The third-order valence-corrected chi connectivity index (χ3v) is 5.36. The fourth-order valence-corrected chi connectivity index (χ4v) is 3.40. The van der Waals surface area contributed by atoms with Crippen LogP contribution in [0.4, 0.5) is 4.79 Å². The second-order valence-corrected chi connectivity index (χ2v) is 7.91. The van der Waals surface area contributed by atoms with Crippen molar-refractivity contribution in [2.45, 2.75) is 25.2 Å². The molecule has 7 nitrogen and oxygen atoms in total. The minimum Gasteiger partial charge on any atom is -0.497 e. The summed E-state index contributed by atoms with van der Waals surface area (Å²) in [7, 11) is 1.60. The molecule has 2 N–H and O–H groups in total. The molecule has 0 spiro atoms. The molecule has 1 aliphatic heterocycles. The molecule has 2 atom stereocenters. The highest BCUT2D eigenvalue weighted by Crippen LogP contribution is 2.29. The van der Waals surface area contributed by atoms with Gasteiger partial charge in [-0.05, 0) is 42.3 Å². The Bertz CT molecular complexity index is 872. The molecule has 1 saturated heterocycles. The predicted octanol–water partition coefficient (Wildman–Crippen LogP) is 2.80. The van der Waals surface area contributed by atoms with Crippen molar-refractivity contribution in [3.63, 3.8) is 0 Å². The number of β-amino-alcohol motifs (C(OH)–C–C–N with tert-alkyl or cyclic N) is 1. The van der Waals surface area contributed by atoms with Crippen molar-refractivity contribution in [3.05, 3.63) is 64.1 Å². The van der Waals surface area contributed by atoms with Gasteiger partial charge in [0.1, 0.15) is 11.3 Å². The predicted molar refractivity (Wildman–Crippen MR) is 110 cm³/mol. The van der Waals surface area contributed by atoms with Crippen molar-refractivity contribution in [2.75, 3.05) is 20.3 Å². The number of hydrogen-bond donors (Lipinski definition) is 2. The molecule has 154 valence electrons. The quantitative estimate of drug-likeness (QED) is 0.588. The third kappa shape index (κ3) is 4.77. The first kappa shape index (κ1) is 21.3. The Morgan fingerprint density at radius 1 is 1.14 bits per heavy atom. The van der Waals surface area contributed by atoms with Gasteiger partial charge in [-0.1, -0.05) is 40.2 Å². The van der Waals surface area contributed by atoms with E-state index in [1.807, 2.05) is 36.4 Å². The van der Waals surface area contributed by atoms with Gasteiger partial charge in [-0.15, -0.1) is 0 Å². The van der Waals surface area contributed by atoms with E-state index in [2.05, 4.69) is 21.2 Å². The van der Waals surface area contributed by atoms with Gasteiger partial charge in [0.25, 0.3) is 5.91 Å². The molecule has 1 fully saturated rings. The van der Waals surface area contributed by atoms with Crippen molar-refractivity contribution >= 4 is 27.9 Å². The van der Waals surface area contributed by atoms with Gasteiger partial charge in [0.2, 0.25) is 0 Å². The van der Waals surface area contributed by atoms with Crippen LogP contribution in [0.2, 0.25) is 0 Å². The van der Waals surface area contributed by atoms with Gasteiger partial charge < -0.3 is 19.9 Å². The molecular weight excluding hydrogens is 440 g/mol. The Balaban J connectivity index is 1.55. The number of aliphatic hydroxyl groups excluding tert-OH is 1. The molecule has 2 unspecified atom stereocenters. The minimum atomic E-state index is -1.17. The summed E-state index contributed by atoms with van der Waals surface area (Å²) in [6.45, 7) is 1.82. The van der Waals surface area contributed by atoms with Gasteiger partial charge in [-0.3, -0.25) is 9.69 Å². The summed E-state index contributed by atoms with van der Waals surface area (Å²) >= 11 is 3.36. The molecule has 2 aromatic rings. The van der Waals surface area contributed by atoms with E-state index < -0.39 is 23.6 Å². The first-order valence-corrected chi connectivity index (χ1v) is 9.91. The highest BCUT2D eigenvalue weighted by Gasteiger charge is 2.49. The molecule has 3 amide bonds. The number of carbonyl (C=O) groups excluding carboxylic acids is 2. The Kier molecular flexibility index (Phi) is 6.56. The highest BCUT2D eigenvalue weighted by atomic mass is 79.9. The maximum Gasteiger partial charge on any atom is 0.325 e. The van der Waals surface area contributed by atoms with Crippen molar-refractivity contribution in [1.82, 2.24) is 10.2 Å². The van der Waals surface area contributed by atoms with Crippen LogP contribution >= 0.6 is 15.9 Å². The molecule has 0 aliphatic carbocycles. The number of carbonyl (C=O) groups is 2. The molecular formula is C21H23BrN2O5. The number of urea groups is 1. The zero-order valence-electron chi connectivity index (χ0n) is 16.2. The summed E-state index contributed by atoms with van der Waals surface area (Å²) < 4.78 is 11.5. The minimum absolute atomic E-state index is 0.00190. The lowest BCUT2D eigenvalue weighted by atomic mass is 9.92. The number of nitrogens with one attached hydrogen (secondary N) is 1. The second kappa shape index (κ2) is 8.94. The number of methoxy groups -OCH3 is 1. The molecule has 8 heteroatoms. The Hall–Kier alpha value is -2.42. The number of aliphatic hydroxyl groups is 1. The van der Waals surface area contributed by atoms with Gasteiger partial charge in [-0.2, -0.15) is 0 Å². The van der Waals surface area contributed by atoms with Crippen LogP contribution < -0.4 is 10.1 Å². The van der Waals surface area contributed by atoms with E-state index in [-0.39, 0.29) is 13.2 Å². The summed E-state index contributed by atoms with van der Waals surface area (Å²) in [4.78, 5) is 26.3. The maximum absolute atomic E-state index is 12.9. The zero-order chi connectivity index (χ0) is 21.0. The summed E-state index contributed by atoms with van der Waals surface area (Å²) in [5.41, 5.74) is 0.434. The van der Waals surface area contributed by atoms with E-state index >= 15 is 0 Å². The van der Waals surface area contributed by atoms with E-state index in [0.29, 0.717) is 12.2 Å². The number of benzene rings is 2. The van der Waals surface area contributed by atoms with Crippen LogP contribution in [0.25, 0.3) is 0 Å². The normalized spacial score (nSPS) is 19.9. The summed E-state index contributed by atoms with van der Waals surface area (Å²) in [6, 6.07) is 14.0. The van der Waals surface area contributed by atoms with Crippen LogP contribution in [0.3, 0.4) is 0 Å². The second-order valence-electron chi connectivity index (χ2n) is 6.99. The maximum atomic E-state index is 12.9. The first-order chi connectivity index (χ1) is 13.8. The van der Waals surface area contributed by atoms with Crippen molar-refractivity contribution in [2.24, 2.45) is 0 Å². The largest absolute Gasteiger partial charge is 0.497 e. The first-order valence-electron chi connectivity index (χ1n) is 9.12. The number of rotatable bonds is 8. The number of hydrogen-bond acceptors (Lipinski definition) is 5. The van der Waals surface area contributed by atoms with Crippen LogP contribution in [0, 0.1) is 0 Å². The zero-order valence-corrected chi connectivity index (χ0v) is 17.8. The lowest BCUT2D eigenvalue weighted by Crippen LogP contribution is -2.42. The van der Waals surface area contributed by atoms with Crippen molar-refractivity contribution in [1.29, 1.82) is 0 Å². The topological polar surface area (TPSA) is 88.1 Å². The molecule has 29 heavy (non-hydrogen) atoms. The van der Waals surface area contributed by atoms with Gasteiger partial charge >= 0.3 is 6.03 Å². The Labute approximate surface area is 177 Å². The van der Waals surface area contributed by atoms with E-state index in [9.17, 15) is 14.7 Å². The fraction of sp³-hybridized carbons (Fsp3) is 0.333. The van der Waals surface area contributed by atoms with E-state index in [4.69, 9.17) is 9.47 Å². The van der Waals surface area contributed by atoms with Gasteiger partial charge in [0.05, 0.1) is 33.0 Å². The standard InChI is InChI=1S/C21H23BrN2O5/c1-21(15-5-7-16(22)8-6-15)19(26)24(20(27)23-21)11-17(25)13-29-12-14-3-9-18(28-2)10-4-14/h3-10,17,25H,11-13H2,1-2H3,(H,23,27). The van der Waals surface area contributed by atoms with E-state index in [1.54, 1.807) is 26.2 Å². The fourth-order valence-electron chi connectivity index (χ4n) is 3.14. The molecule has 0 aromatic heterocycles. The molecule has 0 saturated carbocycles. The smallest absolute Gasteiger partial charge is 0.325 e. The Morgan fingerprint density at radius 2 is 1.79 bits per heavy atom. The van der Waals surface area contributed by atoms with E-state index in [0.717, 1.165) is 20.7 Å². The third-order valence-electron chi connectivity index (χ3n) is 4.83. The number of amides is 3. The molecule has 0 radical (unpaired) electrons. The van der Waals surface area contributed by atoms with Gasteiger partial charge in [-0.25, -0.2) is 4.79 Å². The lowest BCUT2D eigenvalue weighted by Gasteiger charge is -2.23. The summed E-state index contributed by atoms with van der Waals surface area (Å²) in [6.07, 6.45) is -0.991. The van der Waals surface area contributed by atoms with Gasteiger partial charge in [0, 0.05) is 4.47 Å². The van der Waals surface area contributed by atoms with Crippen LogP contribution in [-0.4, -0.2) is 48.3 Å². The van der Waals surface area contributed by atoms with E-state index in [1.165, 1.54) is 0 Å². The number of nitrogens with zero attached hydrogens (tertiary/aromatic N) is 1. The summed E-state index contributed by atoms with van der Waals surface area (Å²) in [5.74, 6) is 0.347. The molecule has 1 aliphatic rings. The van der Waals surface area contributed by atoms with Crippen LogP contribution in [0.5, 0.6) is 5.75 Å². The average Bonchev–Trinajstić information content (AvgIpc) is 2.93.